The number of hydrogen-bond donors (Lipinski definition) is 2. The maximum absolute atomic E-state index is 12.3. The van der Waals surface area contributed by atoms with E-state index in [-0.39, 0.29) is 12.0 Å². The van der Waals surface area contributed by atoms with Crippen LogP contribution in [0.25, 0.3) is 22.6 Å². The maximum Gasteiger partial charge on any atom is 0.230 e. The fraction of sp³-hybridized carbons (Fsp3) is 0.304. The Morgan fingerprint density at radius 3 is 2.63 bits per heavy atom. The summed E-state index contributed by atoms with van der Waals surface area (Å²) in [4.78, 5) is 20.6. The minimum Gasteiger partial charge on any atom is -0.376 e. The van der Waals surface area contributed by atoms with Crippen molar-refractivity contribution in [2.45, 2.75) is 30.9 Å². The van der Waals surface area contributed by atoms with E-state index >= 15 is 0 Å². The fourth-order valence-corrected chi connectivity index (χ4v) is 4.44. The van der Waals surface area contributed by atoms with Gasteiger partial charge in [0.25, 0.3) is 0 Å². The van der Waals surface area contributed by atoms with Crippen LogP contribution in [0.4, 0.5) is 0 Å². The summed E-state index contributed by atoms with van der Waals surface area (Å²) >= 11 is 4.92. The van der Waals surface area contributed by atoms with Gasteiger partial charge in [-0.3, -0.25) is 4.79 Å². The summed E-state index contributed by atoms with van der Waals surface area (Å²) in [6.07, 6.45) is 2.24. The zero-order valence-electron chi connectivity index (χ0n) is 16.8. The van der Waals surface area contributed by atoms with Crippen LogP contribution < -0.4 is 5.32 Å². The highest BCUT2D eigenvalue weighted by Crippen LogP contribution is 2.33. The number of benzene rings is 2. The molecule has 1 fully saturated rings. The van der Waals surface area contributed by atoms with Gasteiger partial charge in [0, 0.05) is 28.8 Å². The van der Waals surface area contributed by atoms with Crippen molar-refractivity contribution in [2.75, 3.05) is 18.9 Å². The van der Waals surface area contributed by atoms with Crippen LogP contribution >= 0.6 is 27.7 Å². The molecular formula is C23H24BrN3O2S. The fourth-order valence-electron chi connectivity index (χ4n) is 3.34. The van der Waals surface area contributed by atoms with Gasteiger partial charge < -0.3 is 15.0 Å². The van der Waals surface area contributed by atoms with Gasteiger partial charge >= 0.3 is 0 Å². The molecule has 0 aliphatic carbocycles. The third kappa shape index (κ3) is 5.33. The Morgan fingerprint density at radius 2 is 1.93 bits per heavy atom. The smallest absolute Gasteiger partial charge is 0.230 e. The lowest BCUT2D eigenvalue weighted by Crippen LogP contribution is -2.32. The molecule has 3 aromatic rings. The van der Waals surface area contributed by atoms with Crippen molar-refractivity contribution in [1.82, 2.24) is 15.3 Å². The number of aryl methyl sites for hydroxylation is 1. The van der Waals surface area contributed by atoms with E-state index in [4.69, 9.17) is 9.72 Å². The van der Waals surface area contributed by atoms with Crippen LogP contribution in [0.15, 0.2) is 58.0 Å². The van der Waals surface area contributed by atoms with Crippen molar-refractivity contribution >= 4 is 33.6 Å². The molecule has 1 atom stereocenters. The topological polar surface area (TPSA) is 67.0 Å². The van der Waals surface area contributed by atoms with Crippen molar-refractivity contribution in [3.63, 3.8) is 0 Å². The largest absolute Gasteiger partial charge is 0.376 e. The first-order valence-electron chi connectivity index (χ1n) is 10.0. The Hall–Kier alpha value is -2.09. The summed E-state index contributed by atoms with van der Waals surface area (Å²) < 4.78 is 6.59. The van der Waals surface area contributed by atoms with E-state index in [2.05, 4.69) is 57.4 Å². The molecule has 0 radical (unpaired) electrons. The van der Waals surface area contributed by atoms with Gasteiger partial charge in [-0.05, 0) is 31.9 Å². The van der Waals surface area contributed by atoms with Crippen molar-refractivity contribution in [3.05, 3.63) is 58.6 Å². The zero-order chi connectivity index (χ0) is 20.9. The minimum absolute atomic E-state index is 0.00134. The molecule has 1 unspecified atom stereocenters. The second-order valence-corrected chi connectivity index (χ2v) is 9.25. The molecule has 0 spiro atoms. The maximum atomic E-state index is 12.3. The van der Waals surface area contributed by atoms with Crippen LogP contribution in [0.2, 0.25) is 0 Å². The number of amides is 1. The van der Waals surface area contributed by atoms with Crippen molar-refractivity contribution < 1.29 is 9.53 Å². The number of carbonyl (C=O) groups is 1. The second-order valence-electron chi connectivity index (χ2n) is 7.37. The number of aromatic amines is 1. The van der Waals surface area contributed by atoms with Crippen LogP contribution in [0.5, 0.6) is 0 Å². The number of imidazole rings is 1. The molecule has 0 saturated carbocycles. The van der Waals surface area contributed by atoms with Gasteiger partial charge in [-0.15, -0.1) is 0 Å². The Bertz CT molecular complexity index is 996. The molecule has 1 aromatic heterocycles. The van der Waals surface area contributed by atoms with Gasteiger partial charge in [0.15, 0.2) is 0 Å². The predicted octanol–water partition coefficient (Wildman–Crippen LogP) is 5.20. The lowest BCUT2D eigenvalue weighted by Gasteiger charge is -2.10. The van der Waals surface area contributed by atoms with Gasteiger partial charge in [-0.1, -0.05) is 69.7 Å². The molecular weight excluding hydrogens is 462 g/mol. The summed E-state index contributed by atoms with van der Waals surface area (Å²) in [5.41, 5.74) is 4.19. The first-order chi connectivity index (χ1) is 14.6. The normalized spacial score (nSPS) is 16.0. The number of hydrogen-bond acceptors (Lipinski definition) is 4. The predicted molar refractivity (Wildman–Crippen MR) is 125 cm³/mol. The molecule has 1 aliphatic heterocycles. The van der Waals surface area contributed by atoms with Gasteiger partial charge in [-0.2, -0.15) is 0 Å². The average molecular weight is 486 g/mol. The number of carbonyl (C=O) groups excluding carboxylic acids is 1. The number of ether oxygens (including phenoxy) is 1. The Balaban J connectivity index is 1.51. The number of halogens is 1. The molecule has 1 amide bonds. The first-order valence-corrected chi connectivity index (χ1v) is 11.8. The average Bonchev–Trinajstić information content (AvgIpc) is 3.42. The van der Waals surface area contributed by atoms with Crippen LogP contribution in [0.3, 0.4) is 0 Å². The van der Waals surface area contributed by atoms with E-state index in [1.807, 2.05) is 24.3 Å². The molecule has 2 N–H and O–H groups in total. The van der Waals surface area contributed by atoms with Crippen molar-refractivity contribution in [3.8, 4) is 22.6 Å². The summed E-state index contributed by atoms with van der Waals surface area (Å²) in [5, 5.41) is 3.80. The second kappa shape index (κ2) is 9.81. The Morgan fingerprint density at radius 1 is 1.20 bits per heavy atom. The quantitative estimate of drug-likeness (QED) is 0.451. The van der Waals surface area contributed by atoms with Crippen molar-refractivity contribution in [1.29, 1.82) is 0 Å². The molecule has 2 heterocycles. The van der Waals surface area contributed by atoms with Crippen LogP contribution in [0.1, 0.15) is 18.4 Å². The third-order valence-electron chi connectivity index (χ3n) is 5.02. The minimum atomic E-state index is -0.00134. The number of nitrogens with zero attached hydrogens (tertiary/aromatic N) is 1. The standard InChI is InChI=1S/C23H24BrN3O2S/c1-15-4-6-16(7-5-15)21-23(27-22(26-21)17-8-10-18(24)11-9-17)30-14-20(28)25-13-19-3-2-12-29-19/h4-11,19H,2-3,12-14H2,1H3,(H,25,28)(H,26,27). The third-order valence-corrected chi connectivity index (χ3v) is 6.52. The molecule has 5 nitrogen and oxygen atoms in total. The molecule has 7 heteroatoms. The molecule has 2 aromatic carbocycles. The van der Waals surface area contributed by atoms with Crippen LogP contribution in [0, 0.1) is 6.92 Å². The number of aromatic nitrogens is 2. The first kappa shape index (κ1) is 21.2. The summed E-state index contributed by atoms with van der Waals surface area (Å²) in [5.74, 6) is 1.11. The Kier molecular flexibility index (Phi) is 6.92. The monoisotopic (exact) mass is 485 g/mol. The van der Waals surface area contributed by atoms with E-state index in [9.17, 15) is 4.79 Å². The van der Waals surface area contributed by atoms with Gasteiger partial charge in [-0.25, -0.2) is 4.98 Å². The molecule has 0 bridgehead atoms. The van der Waals surface area contributed by atoms with E-state index in [0.29, 0.717) is 12.3 Å². The molecule has 1 saturated heterocycles. The Labute approximate surface area is 189 Å². The van der Waals surface area contributed by atoms with E-state index < -0.39 is 0 Å². The van der Waals surface area contributed by atoms with Gasteiger partial charge in [0.05, 0.1) is 17.6 Å². The van der Waals surface area contributed by atoms with Gasteiger partial charge in [0.1, 0.15) is 10.9 Å². The number of thioether (sulfide) groups is 1. The van der Waals surface area contributed by atoms with Crippen LogP contribution in [-0.4, -0.2) is 40.9 Å². The SMILES string of the molecule is Cc1ccc(-c2[nH]c(-c3ccc(Br)cc3)nc2SCC(=O)NCC2CCCO2)cc1. The molecule has 1 aliphatic rings. The van der Waals surface area contributed by atoms with Crippen molar-refractivity contribution in [2.24, 2.45) is 0 Å². The number of rotatable bonds is 7. The lowest BCUT2D eigenvalue weighted by atomic mass is 10.1. The lowest BCUT2D eigenvalue weighted by molar-refractivity contribution is -0.119. The van der Waals surface area contributed by atoms with Gasteiger partial charge in [0.2, 0.25) is 5.91 Å². The zero-order valence-corrected chi connectivity index (χ0v) is 19.2. The summed E-state index contributed by atoms with van der Waals surface area (Å²) in [6, 6.07) is 16.3. The summed E-state index contributed by atoms with van der Waals surface area (Å²) in [6.45, 7) is 3.44. The highest BCUT2D eigenvalue weighted by Gasteiger charge is 2.18. The molecule has 156 valence electrons. The highest BCUT2D eigenvalue weighted by molar-refractivity contribution is 9.10. The van der Waals surface area contributed by atoms with Crippen LogP contribution in [-0.2, 0) is 9.53 Å². The summed E-state index contributed by atoms with van der Waals surface area (Å²) in [7, 11) is 0. The number of nitrogens with one attached hydrogen (secondary N) is 2. The molecule has 30 heavy (non-hydrogen) atoms. The number of H-pyrrole nitrogens is 1. The highest BCUT2D eigenvalue weighted by atomic mass is 79.9. The molecule has 4 rings (SSSR count). The van der Waals surface area contributed by atoms with E-state index in [1.54, 1.807) is 0 Å². The van der Waals surface area contributed by atoms with E-state index in [0.717, 1.165) is 51.6 Å². The van der Waals surface area contributed by atoms with E-state index in [1.165, 1.54) is 17.3 Å².